The van der Waals surface area contributed by atoms with Gasteiger partial charge in [0.2, 0.25) is 5.91 Å². The summed E-state index contributed by atoms with van der Waals surface area (Å²) in [6, 6.07) is 13.0. The molecule has 5 rings (SSSR count). The number of aromatic hydroxyl groups is 1. The van der Waals surface area contributed by atoms with Gasteiger partial charge in [-0.25, -0.2) is 0 Å². The Morgan fingerprint density at radius 3 is 2.69 bits per heavy atom. The van der Waals surface area contributed by atoms with Gasteiger partial charge >= 0.3 is 0 Å². The first kappa shape index (κ1) is 24.9. The molecule has 3 fully saturated rings. The van der Waals surface area contributed by atoms with Crippen molar-refractivity contribution in [1.29, 1.82) is 0 Å². The van der Waals surface area contributed by atoms with Crippen LogP contribution in [0.2, 0.25) is 10.0 Å². The van der Waals surface area contributed by atoms with Gasteiger partial charge in [0.1, 0.15) is 5.75 Å². The Kier molecular flexibility index (Phi) is 7.06. The van der Waals surface area contributed by atoms with Gasteiger partial charge in [0.25, 0.3) is 0 Å². The van der Waals surface area contributed by atoms with E-state index in [0.717, 1.165) is 62.4 Å². The van der Waals surface area contributed by atoms with E-state index in [1.54, 1.807) is 18.2 Å². The fraction of sp³-hybridized carbons (Fsp3) is 0.536. The average Bonchev–Trinajstić information content (AvgIpc) is 3.65. The summed E-state index contributed by atoms with van der Waals surface area (Å²) < 4.78 is 6.42. The molecule has 188 valence electrons. The highest BCUT2D eigenvalue weighted by molar-refractivity contribution is 6.42. The van der Waals surface area contributed by atoms with Crippen molar-refractivity contribution in [2.75, 3.05) is 26.7 Å². The first-order valence-electron chi connectivity index (χ1n) is 12.6. The van der Waals surface area contributed by atoms with Crippen molar-refractivity contribution in [2.45, 2.75) is 62.0 Å². The van der Waals surface area contributed by atoms with E-state index in [2.05, 4.69) is 16.3 Å². The summed E-state index contributed by atoms with van der Waals surface area (Å²) in [5.74, 6) is 1.08. The first-order chi connectivity index (χ1) is 16.8. The van der Waals surface area contributed by atoms with Crippen LogP contribution in [0.25, 0.3) is 0 Å². The summed E-state index contributed by atoms with van der Waals surface area (Å²) in [5, 5.41) is 14.6. The van der Waals surface area contributed by atoms with Crippen molar-refractivity contribution in [1.82, 2.24) is 10.2 Å². The predicted octanol–water partition coefficient (Wildman–Crippen LogP) is 5.35. The molecule has 0 aromatic heterocycles. The SMILES string of the molecule is COC12CC[C@H](NC(=O)Cc3ccc(Cl)c(Cl)c3)CC1(c1cccc(O)c1)CCN(CC1CC1)C2. The van der Waals surface area contributed by atoms with Crippen LogP contribution < -0.4 is 5.32 Å². The van der Waals surface area contributed by atoms with Gasteiger partial charge in [0, 0.05) is 31.7 Å². The largest absolute Gasteiger partial charge is 0.508 e. The normalized spacial score (nSPS) is 28.9. The monoisotopic (exact) mass is 516 g/mol. The molecule has 1 amide bonds. The maximum Gasteiger partial charge on any atom is 0.224 e. The van der Waals surface area contributed by atoms with Gasteiger partial charge < -0.3 is 20.1 Å². The molecule has 1 saturated heterocycles. The van der Waals surface area contributed by atoms with E-state index in [1.165, 1.54) is 12.8 Å². The number of halogens is 2. The summed E-state index contributed by atoms with van der Waals surface area (Å²) in [6.45, 7) is 3.03. The number of nitrogens with zero attached hydrogens (tertiary/aromatic N) is 1. The van der Waals surface area contributed by atoms with Crippen molar-refractivity contribution in [3.05, 3.63) is 63.6 Å². The van der Waals surface area contributed by atoms with Gasteiger partial charge in [-0.1, -0.05) is 41.4 Å². The molecule has 0 bridgehead atoms. The summed E-state index contributed by atoms with van der Waals surface area (Å²) in [6.07, 6.45) is 6.38. The topological polar surface area (TPSA) is 61.8 Å². The molecule has 2 unspecified atom stereocenters. The van der Waals surface area contributed by atoms with Gasteiger partial charge in [-0.3, -0.25) is 4.79 Å². The Balaban J connectivity index is 1.38. The number of carbonyl (C=O) groups excluding carboxylic acids is 1. The number of phenolic OH excluding ortho intramolecular Hbond substituents is 1. The standard InChI is InChI=1S/C28H34Cl2N2O3/c1-35-28-10-9-22(31-26(34)14-20-7-8-24(29)25(30)13-20)16-27(28,21-3-2-4-23(33)15-21)11-12-32(18-28)17-19-5-6-19/h2-4,7-8,13,15,19,22,33H,5-6,9-12,14,16-18H2,1H3,(H,31,34)/t22-,27?,28?/m0/s1. The van der Waals surface area contributed by atoms with Gasteiger partial charge in [-0.05, 0) is 86.4 Å². The van der Waals surface area contributed by atoms with E-state index in [1.807, 2.05) is 25.3 Å². The van der Waals surface area contributed by atoms with Gasteiger partial charge in [-0.2, -0.15) is 0 Å². The van der Waals surface area contributed by atoms with Crippen LogP contribution in [-0.2, 0) is 21.4 Å². The number of methoxy groups -OCH3 is 1. The number of likely N-dealkylation sites (tertiary alicyclic amines) is 1. The molecule has 2 N–H and O–H groups in total. The average molecular weight is 517 g/mol. The summed E-state index contributed by atoms with van der Waals surface area (Å²) >= 11 is 12.2. The zero-order chi connectivity index (χ0) is 24.6. The second kappa shape index (κ2) is 9.93. The number of rotatable bonds is 7. The number of amides is 1. The molecule has 5 nitrogen and oxygen atoms in total. The number of fused-ring (bicyclic) bond motifs is 1. The van der Waals surface area contributed by atoms with Crippen molar-refractivity contribution >= 4 is 29.1 Å². The maximum absolute atomic E-state index is 13.0. The molecular weight excluding hydrogens is 483 g/mol. The summed E-state index contributed by atoms with van der Waals surface area (Å²) in [4.78, 5) is 15.6. The van der Waals surface area contributed by atoms with E-state index in [0.29, 0.717) is 10.0 Å². The highest BCUT2D eigenvalue weighted by Gasteiger charge is 2.59. The fourth-order valence-corrected chi connectivity index (χ4v) is 6.77. The quantitative estimate of drug-likeness (QED) is 0.520. The number of carbonyl (C=O) groups is 1. The van der Waals surface area contributed by atoms with Gasteiger partial charge in [-0.15, -0.1) is 0 Å². The van der Waals surface area contributed by atoms with Crippen molar-refractivity contribution in [3.63, 3.8) is 0 Å². The number of phenols is 1. The summed E-state index contributed by atoms with van der Waals surface area (Å²) in [7, 11) is 1.83. The van der Waals surface area contributed by atoms with E-state index in [-0.39, 0.29) is 35.1 Å². The lowest BCUT2D eigenvalue weighted by Crippen LogP contribution is -2.68. The van der Waals surface area contributed by atoms with Crippen LogP contribution in [0.1, 0.15) is 49.7 Å². The second-order valence-electron chi connectivity index (χ2n) is 10.7. The number of hydrogen-bond acceptors (Lipinski definition) is 4. The van der Waals surface area contributed by atoms with Crippen LogP contribution >= 0.6 is 23.2 Å². The third-order valence-corrected chi connectivity index (χ3v) is 9.15. The highest BCUT2D eigenvalue weighted by atomic mass is 35.5. The lowest BCUT2D eigenvalue weighted by Gasteiger charge is -2.60. The number of nitrogens with one attached hydrogen (secondary N) is 1. The Morgan fingerprint density at radius 2 is 1.97 bits per heavy atom. The van der Waals surface area contributed by atoms with Crippen LogP contribution in [0.4, 0.5) is 0 Å². The zero-order valence-corrected chi connectivity index (χ0v) is 21.7. The number of hydrogen-bond donors (Lipinski definition) is 2. The molecule has 0 radical (unpaired) electrons. The fourth-order valence-electron chi connectivity index (χ4n) is 6.45. The van der Waals surface area contributed by atoms with Crippen molar-refractivity contribution in [2.24, 2.45) is 5.92 Å². The Labute approximate surface area is 217 Å². The molecule has 0 spiro atoms. The number of benzene rings is 2. The van der Waals surface area contributed by atoms with Crippen molar-refractivity contribution in [3.8, 4) is 5.75 Å². The minimum absolute atomic E-state index is 0.0180. The Bertz CT molecular complexity index is 1090. The molecule has 2 aliphatic carbocycles. The van der Waals surface area contributed by atoms with Crippen molar-refractivity contribution < 1.29 is 14.6 Å². The van der Waals surface area contributed by atoms with E-state index in [9.17, 15) is 9.90 Å². The summed E-state index contributed by atoms with van der Waals surface area (Å²) in [5.41, 5.74) is 1.32. The molecule has 2 saturated carbocycles. The number of piperidine rings is 1. The lowest BCUT2D eigenvalue weighted by atomic mass is 9.55. The van der Waals surface area contributed by atoms with Crippen LogP contribution in [-0.4, -0.2) is 54.3 Å². The minimum Gasteiger partial charge on any atom is -0.508 e. The van der Waals surface area contributed by atoms with Crippen LogP contribution in [0.15, 0.2) is 42.5 Å². The third kappa shape index (κ3) is 5.06. The minimum atomic E-state index is -0.348. The van der Waals surface area contributed by atoms with E-state index in [4.69, 9.17) is 27.9 Å². The molecule has 2 aromatic carbocycles. The highest BCUT2D eigenvalue weighted by Crippen LogP contribution is 2.54. The second-order valence-corrected chi connectivity index (χ2v) is 11.5. The van der Waals surface area contributed by atoms with Crippen LogP contribution in [0.3, 0.4) is 0 Å². The van der Waals surface area contributed by atoms with Crippen LogP contribution in [0, 0.1) is 5.92 Å². The maximum atomic E-state index is 13.0. The zero-order valence-electron chi connectivity index (χ0n) is 20.2. The lowest BCUT2D eigenvalue weighted by molar-refractivity contribution is -0.151. The number of ether oxygens (including phenoxy) is 1. The van der Waals surface area contributed by atoms with E-state index < -0.39 is 0 Å². The molecule has 7 heteroatoms. The van der Waals surface area contributed by atoms with E-state index >= 15 is 0 Å². The van der Waals surface area contributed by atoms with Gasteiger partial charge in [0.05, 0.1) is 22.1 Å². The first-order valence-corrected chi connectivity index (χ1v) is 13.4. The molecule has 2 aromatic rings. The molecule has 35 heavy (non-hydrogen) atoms. The third-order valence-electron chi connectivity index (χ3n) is 8.41. The molecule has 3 aliphatic rings. The predicted molar refractivity (Wildman–Crippen MR) is 139 cm³/mol. The molecule has 1 heterocycles. The Morgan fingerprint density at radius 1 is 1.14 bits per heavy atom. The molecular formula is C28H34Cl2N2O3. The van der Waals surface area contributed by atoms with Gasteiger partial charge in [0.15, 0.2) is 0 Å². The molecule has 1 aliphatic heterocycles. The molecule has 3 atom stereocenters. The Hall–Kier alpha value is -1.79. The smallest absolute Gasteiger partial charge is 0.224 e. The van der Waals surface area contributed by atoms with Crippen LogP contribution in [0.5, 0.6) is 5.75 Å².